The van der Waals surface area contributed by atoms with Gasteiger partial charge in [0.05, 0.1) is 13.2 Å². The Hall–Kier alpha value is -1.00. The number of hydrogen-bond donors (Lipinski definition) is 0. The number of carbonyl (C=O) groups is 1. The molecule has 4 heteroatoms. The molecular weight excluding hydrogens is 258 g/mol. The predicted octanol–water partition coefficient (Wildman–Crippen LogP) is 2.70. The average Bonchev–Trinajstić information content (AvgIpc) is 2.99. The highest BCUT2D eigenvalue weighted by Gasteiger charge is 2.27. The van der Waals surface area contributed by atoms with Gasteiger partial charge >= 0.3 is 0 Å². The number of benzene rings is 1. The Morgan fingerprint density at radius 2 is 2.11 bits per heavy atom. The van der Waals surface area contributed by atoms with E-state index in [-0.39, 0.29) is 11.8 Å². The molecule has 1 saturated heterocycles. The second-order valence-corrected chi connectivity index (χ2v) is 6.10. The molecule has 0 amide bonds. The number of ether oxygens (including phenoxy) is 1. The number of methoxy groups -OCH3 is 1. The Kier molecular flexibility index (Phi) is 4.88. The fourth-order valence-corrected chi connectivity index (χ4v) is 3.62. The molecule has 2 atom stereocenters. The highest BCUT2D eigenvalue weighted by atomic mass is 32.2. The van der Waals surface area contributed by atoms with Crippen LogP contribution in [0.15, 0.2) is 24.3 Å². The van der Waals surface area contributed by atoms with Crippen LogP contribution in [-0.4, -0.2) is 48.4 Å². The summed E-state index contributed by atoms with van der Waals surface area (Å²) in [6.07, 6.45) is 1.18. The molecule has 0 aromatic heterocycles. The topological polar surface area (TPSA) is 29.5 Å². The number of rotatable bonds is 5. The molecule has 1 heterocycles. The highest BCUT2D eigenvalue weighted by molar-refractivity contribution is 7.99. The molecule has 1 aliphatic heterocycles. The summed E-state index contributed by atoms with van der Waals surface area (Å²) in [6, 6.07) is 7.82. The zero-order chi connectivity index (χ0) is 13.8. The van der Waals surface area contributed by atoms with E-state index < -0.39 is 0 Å². The molecule has 0 radical (unpaired) electrons. The minimum atomic E-state index is -0.0721. The van der Waals surface area contributed by atoms with Crippen LogP contribution in [0, 0.1) is 0 Å². The van der Waals surface area contributed by atoms with Gasteiger partial charge in [0.2, 0.25) is 0 Å². The third kappa shape index (κ3) is 3.31. The Morgan fingerprint density at radius 1 is 1.42 bits per heavy atom. The minimum absolute atomic E-state index is 0.0721. The van der Waals surface area contributed by atoms with Gasteiger partial charge in [-0.2, -0.15) is 11.8 Å². The monoisotopic (exact) mass is 279 g/mol. The van der Waals surface area contributed by atoms with E-state index in [1.165, 1.54) is 12.2 Å². The first kappa shape index (κ1) is 14.4. The normalized spacial score (nSPS) is 20.5. The number of likely N-dealkylation sites (N-methyl/N-ethyl adjacent to an activating group) is 1. The summed E-state index contributed by atoms with van der Waals surface area (Å²) in [5.41, 5.74) is 0.755. The van der Waals surface area contributed by atoms with E-state index in [2.05, 4.69) is 11.9 Å². The molecule has 0 saturated carbocycles. The molecule has 2 unspecified atom stereocenters. The Bertz CT molecular complexity index is 426. The van der Waals surface area contributed by atoms with Gasteiger partial charge in [0.25, 0.3) is 0 Å². The summed E-state index contributed by atoms with van der Waals surface area (Å²) < 4.78 is 5.11. The van der Waals surface area contributed by atoms with Gasteiger partial charge in [0.1, 0.15) is 5.75 Å². The second kappa shape index (κ2) is 6.44. The third-order valence-corrected chi connectivity index (χ3v) is 4.99. The quantitative estimate of drug-likeness (QED) is 0.775. The number of carbonyl (C=O) groups excluding carboxylic acids is 1. The van der Waals surface area contributed by atoms with Crippen molar-refractivity contribution in [2.45, 2.75) is 25.4 Å². The molecule has 0 spiro atoms. The fraction of sp³-hybridized carbons (Fsp3) is 0.533. The van der Waals surface area contributed by atoms with Gasteiger partial charge in [0, 0.05) is 17.4 Å². The fourth-order valence-electron chi connectivity index (χ4n) is 2.34. The summed E-state index contributed by atoms with van der Waals surface area (Å²) in [7, 11) is 3.69. The van der Waals surface area contributed by atoms with Crippen molar-refractivity contribution in [2.24, 2.45) is 0 Å². The Balaban J connectivity index is 2.04. The molecule has 3 nitrogen and oxygen atoms in total. The van der Waals surface area contributed by atoms with Crippen molar-refractivity contribution in [3.63, 3.8) is 0 Å². The van der Waals surface area contributed by atoms with Crippen molar-refractivity contribution in [3.05, 3.63) is 29.8 Å². The van der Waals surface area contributed by atoms with E-state index in [9.17, 15) is 4.79 Å². The molecule has 1 aliphatic rings. The standard InChI is InChI=1S/C15H21NO2S/c1-11(16(2)13-8-9-19-10-13)15(17)12-4-6-14(18-3)7-5-12/h4-7,11,13H,8-10H2,1-3H3. The summed E-state index contributed by atoms with van der Waals surface area (Å²) in [5.74, 6) is 3.31. The minimum Gasteiger partial charge on any atom is -0.497 e. The maximum Gasteiger partial charge on any atom is 0.179 e. The van der Waals surface area contributed by atoms with Crippen LogP contribution in [-0.2, 0) is 0 Å². The lowest BCUT2D eigenvalue weighted by Gasteiger charge is -2.29. The number of hydrogen-bond acceptors (Lipinski definition) is 4. The summed E-state index contributed by atoms with van der Waals surface area (Å²) >= 11 is 1.97. The Morgan fingerprint density at radius 3 is 2.63 bits per heavy atom. The zero-order valence-electron chi connectivity index (χ0n) is 11.8. The van der Waals surface area contributed by atoms with Crippen LogP contribution in [0.4, 0.5) is 0 Å². The molecule has 2 rings (SSSR count). The smallest absolute Gasteiger partial charge is 0.179 e. The SMILES string of the molecule is COc1ccc(C(=O)C(C)N(C)C2CCSC2)cc1. The number of thioether (sulfide) groups is 1. The largest absolute Gasteiger partial charge is 0.497 e. The lowest BCUT2D eigenvalue weighted by Crippen LogP contribution is -2.43. The van der Waals surface area contributed by atoms with Gasteiger partial charge in [-0.05, 0) is 50.4 Å². The van der Waals surface area contributed by atoms with E-state index in [1.54, 1.807) is 7.11 Å². The van der Waals surface area contributed by atoms with Crippen LogP contribution in [0.3, 0.4) is 0 Å². The van der Waals surface area contributed by atoms with Crippen LogP contribution in [0.5, 0.6) is 5.75 Å². The van der Waals surface area contributed by atoms with Crippen molar-refractivity contribution >= 4 is 17.5 Å². The van der Waals surface area contributed by atoms with Crippen LogP contribution < -0.4 is 4.74 Å². The van der Waals surface area contributed by atoms with Crippen molar-refractivity contribution in [2.75, 3.05) is 25.7 Å². The van der Waals surface area contributed by atoms with Crippen molar-refractivity contribution in [1.82, 2.24) is 4.90 Å². The molecule has 1 aromatic rings. The van der Waals surface area contributed by atoms with Crippen molar-refractivity contribution in [3.8, 4) is 5.75 Å². The first-order valence-corrected chi connectivity index (χ1v) is 7.77. The molecule has 19 heavy (non-hydrogen) atoms. The van der Waals surface area contributed by atoms with Crippen molar-refractivity contribution in [1.29, 1.82) is 0 Å². The second-order valence-electron chi connectivity index (χ2n) is 4.95. The van der Waals surface area contributed by atoms with E-state index >= 15 is 0 Å². The van der Waals surface area contributed by atoms with Gasteiger partial charge < -0.3 is 4.74 Å². The van der Waals surface area contributed by atoms with Crippen LogP contribution in [0.1, 0.15) is 23.7 Å². The van der Waals surface area contributed by atoms with Crippen molar-refractivity contribution < 1.29 is 9.53 Å². The molecule has 0 bridgehead atoms. The summed E-state index contributed by atoms with van der Waals surface area (Å²) in [5, 5.41) is 0. The van der Waals surface area contributed by atoms with E-state index in [0.717, 1.165) is 17.1 Å². The maximum atomic E-state index is 12.5. The lowest BCUT2D eigenvalue weighted by molar-refractivity contribution is 0.0830. The molecule has 1 aromatic carbocycles. The number of Topliss-reactive ketones (excluding diaryl/α,β-unsaturated/α-hetero) is 1. The van der Waals surface area contributed by atoms with Crippen LogP contribution in [0.25, 0.3) is 0 Å². The molecule has 0 aliphatic carbocycles. The average molecular weight is 279 g/mol. The van der Waals surface area contributed by atoms with E-state index in [0.29, 0.717) is 6.04 Å². The highest BCUT2D eigenvalue weighted by Crippen LogP contribution is 2.24. The van der Waals surface area contributed by atoms with Gasteiger partial charge in [-0.3, -0.25) is 9.69 Å². The summed E-state index contributed by atoms with van der Waals surface area (Å²) in [6.45, 7) is 2.00. The predicted molar refractivity (Wildman–Crippen MR) is 80.3 cm³/mol. The number of nitrogens with zero attached hydrogens (tertiary/aromatic N) is 1. The van der Waals surface area contributed by atoms with Crippen LogP contribution >= 0.6 is 11.8 Å². The van der Waals surface area contributed by atoms with Gasteiger partial charge in [-0.1, -0.05) is 0 Å². The van der Waals surface area contributed by atoms with Crippen LogP contribution in [0.2, 0.25) is 0 Å². The first-order chi connectivity index (χ1) is 9.13. The first-order valence-electron chi connectivity index (χ1n) is 6.61. The number of ketones is 1. The lowest BCUT2D eigenvalue weighted by atomic mass is 10.0. The zero-order valence-corrected chi connectivity index (χ0v) is 12.6. The molecule has 1 fully saturated rings. The Labute approximate surface area is 119 Å². The van der Waals surface area contributed by atoms with Gasteiger partial charge in [-0.15, -0.1) is 0 Å². The van der Waals surface area contributed by atoms with Gasteiger partial charge in [-0.25, -0.2) is 0 Å². The summed E-state index contributed by atoms with van der Waals surface area (Å²) in [4.78, 5) is 14.7. The van der Waals surface area contributed by atoms with E-state index in [1.807, 2.05) is 43.0 Å². The molecule has 0 N–H and O–H groups in total. The van der Waals surface area contributed by atoms with Gasteiger partial charge in [0.15, 0.2) is 5.78 Å². The maximum absolute atomic E-state index is 12.5. The molecule has 104 valence electrons. The third-order valence-electron chi connectivity index (χ3n) is 3.85. The molecular formula is C15H21NO2S. The van der Waals surface area contributed by atoms with E-state index in [4.69, 9.17) is 4.74 Å².